The van der Waals surface area contributed by atoms with Crippen molar-refractivity contribution in [3.8, 4) is 10.4 Å². The molecule has 9 heteroatoms. The van der Waals surface area contributed by atoms with Gasteiger partial charge >= 0.3 is 0 Å². The van der Waals surface area contributed by atoms with Gasteiger partial charge in [0.15, 0.2) is 0 Å². The predicted octanol–water partition coefficient (Wildman–Crippen LogP) is 4.79. The number of carbonyl (C=O) groups excluding carboxylic acids is 1. The molecular formula is C24H23ClN4O2S2. The molecule has 1 atom stereocenters. The summed E-state index contributed by atoms with van der Waals surface area (Å²) >= 11 is 9.50. The maximum absolute atomic E-state index is 13.2. The smallest absolute Gasteiger partial charge is 0.263 e. The van der Waals surface area contributed by atoms with Gasteiger partial charge in [0.1, 0.15) is 11.4 Å². The molecule has 0 unspecified atom stereocenters. The van der Waals surface area contributed by atoms with Crippen LogP contribution >= 0.6 is 34.3 Å². The molecule has 0 bridgehead atoms. The van der Waals surface area contributed by atoms with Gasteiger partial charge in [0.25, 0.3) is 5.56 Å². The van der Waals surface area contributed by atoms with E-state index in [0.717, 1.165) is 41.9 Å². The van der Waals surface area contributed by atoms with Crippen LogP contribution in [0.3, 0.4) is 0 Å². The first kappa shape index (κ1) is 22.3. The summed E-state index contributed by atoms with van der Waals surface area (Å²) in [6.45, 7) is 2.33. The van der Waals surface area contributed by atoms with Crippen LogP contribution in [-0.2, 0) is 11.3 Å². The number of carbonyl (C=O) groups is 1. The van der Waals surface area contributed by atoms with Gasteiger partial charge in [-0.3, -0.25) is 19.1 Å². The number of nitrogens with zero attached hydrogens (tertiary/aromatic N) is 3. The molecule has 170 valence electrons. The Morgan fingerprint density at radius 1 is 1.15 bits per heavy atom. The lowest BCUT2D eigenvalue weighted by Gasteiger charge is -2.29. The van der Waals surface area contributed by atoms with Crippen LogP contribution in [0.15, 0.2) is 58.3 Å². The fourth-order valence-electron chi connectivity index (χ4n) is 4.35. The van der Waals surface area contributed by atoms with Crippen LogP contribution in [0.4, 0.5) is 0 Å². The van der Waals surface area contributed by atoms with E-state index in [2.05, 4.69) is 15.2 Å². The average Bonchev–Trinajstić information content (AvgIpc) is 3.59. The number of fused-ring (bicyclic) bond motifs is 1. The number of nitrogens with one attached hydrogen (secondary N) is 1. The van der Waals surface area contributed by atoms with Crippen molar-refractivity contribution in [1.82, 2.24) is 19.8 Å². The van der Waals surface area contributed by atoms with E-state index in [1.165, 1.54) is 22.2 Å². The van der Waals surface area contributed by atoms with E-state index in [9.17, 15) is 9.59 Å². The van der Waals surface area contributed by atoms with E-state index in [-0.39, 0.29) is 24.1 Å². The summed E-state index contributed by atoms with van der Waals surface area (Å²) in [6.07, 6.45) is 3.75. The van der Waals surface area contributed by atoms with Crippen molar-refractivity contribution in [2.45, 2.75) is 25.4 Å². The van der Waals surface area contributed by atoms with Gasteiger partial charge in [-0.05, 0) is 49.0 Å². The minimum Gasteiger partial charge on any atom is -0.353 e. The molecule has 4 heterocycles. The van der Waals surface area contributed by atoms with E-state index in [4.69, 9.17) is 11.6 Å². The van der Waals surface area contributed by atoms with Crippen LogP contribution in [0, 0.1) is 0 Å². The summed E-state index contributed by atoms with van der Waals surface area (Å²) in [4.78, 5) is 34.5. The van der Waals surface area contributed by atoms with Crippen molar-refractivity contribution in [3.63, 3.8) is 0 Å². The molecule has 6 nitrogen and oxygen atoms in total. The zero-order valence-electron chi connectivity index (χ0n) is 17.9. The molecule has 1 amide bonds. The fraction of sp³-hybridized carbons (Fsp3) is 0.292. The minimum absolute atomic E-state index is 0.00443. The molecule has 1 aromatic carbocycles. The second kappa shape index (κ2) is 9.77. The van der Waals surface area contributed by atoms with Gasteiger partial charge in [-0.1, -0.05) is 35.9 Å². The van der Waals surface area contributed by atoms with Crippen molar-refractivity contribution in [3.05, 3.63) is 74.4 Å². The van der Waals surface area contributed by atoms with Crippen LogP contribution in [0.25, 0.3) is 20.7 Å². The van der Waals surface area contributed by atoms with E-state index in [1.807, 2.05) is 47.2 Å². The van der Waals surface area contributed by atoms with E-state index in [0.29, 0.717) is 21.8 Å². The van der Waals surface area contributed by atoms with Crippen LogP contribution in [0.5, 0.6) is 0 Å². The van der Waals surface area contributed by atoms with Crippen LogP contribution in [0.2, 0.25) is 5.02 Å². The van der Waals surface area contributed by atoms with Gasteiger partial charge < -0.3 is 5.32 Å². The van der Waals surface area contributed by atoms with Gasteiger partial charge in [0.05, 0.1) is 17.8 Å². The zero-order chi connectivity index (χ0) is 22.8. The SMILES string of the molecule is O=C(Cn1cnc2scc(-c3cccs3)c2c1=O)NC[C@H](c1ccccc1Cl)N1CCCC1. The number of thiophene rings is 2. The lowest BCUT2D eigenvalue weighted by Crippen LogP contribution is -2.39. The molecule has 3 aromatic heterocycles. The number of aromatic nitrogens is 2. The maximum Gasteiger partial charge on any atom is 0.263 e. The molecule has 1 aliphatic rings. The quantitative estimate of drug-likeness (QED) is 0.397. The first-order valence-corrected chi connectivity index (χ1v) is 13.0. The number of hydrogen-bond acceptors (Lipinski definition) is 6. The van der Waals surface area contributed by atoms with Gasteiger partial charge in [-0.15, -0.1) is 22.7 Å². The molecule has 1 saturated heterocycles. The third-order valence-electron chi connectivity index (χ3n) is 6.00. The second-order valence-electron chi connectivity index (χ2n) is 8.07. The summed E-state index contributed by atoms with van der Waals surface area (Å²) < 4.78 is 1.39. The second-order valence-corrected chi connectivity index (χ2v) is 10.3. The molecule has 0 spiro atoms. The average molecular weight is 499 g/mol. The molecule has 4 aromatic rings. The normalized spacial score (nSPS) is 15.2. The highest BCUT2D eigenvalue weighted by Gasteiger charge is 2.25. The van der Waals surface area contributed by atoms with E-state index >= 15 is 0 Å². The monoisotopic (exact) mass is 498 g/mol. The molecule has 1 fully saturated rings. The molecular weight excluding hydrogens is 476 g/mol. The van der Waals surface area contributed by atoms with Gasteiger partial charge in [0, 0.05) is 27.4 Å². The Balaban J connectivity index is 1.34. The number of likely N-dealkylation sites (tertiary alicyclic amines) is 1. The number of halogens is 1. The molecule has 5 rings (SSSR count). The number of rotatable bonds is 7. The zero-order valence-corrected chi connectivity index (χ0v) is 20.3. The summed E-state index contributed by atoms with van der Waals surface area (Å²) in [5.41, 5.74) is 1.70. The molecule has 0 aliphatic carbocycles. The molecule has 1 aliphatic heterocycles. The Morgan fingerprint density at radius 3 is 2.73 bits per heavy atom. The van der Waals surface area contributed by atoms with Gasteiger partial charge in [0.2, 0.25) is 5.91 Å². The van der Waals surface area contributed by atoms with Crippen molar-refractivity contribution >= 4 is 50.4 Å². The Hall–Kier alpha value is -2.52. The molecule has 0 saturated carbocycles. The summed E-state index contributed by atoms with van der Waals surface area (Å²) in [7, 11) is 0. The van der Waals surface area contributed by atoms with Crippen molar-refractivity contribution in [2.75, 3.05) is 19.6 Å². The topological polar surface area (TPSA) is 67.2 Å². The standard InChI is InChI=1S/C24H23ClN4O2S2/c25-18-7-2-1-6-16(18)19(28-9-3-4-10-28)12-26-21(30)13-29-15-27-23-22(24(29)31)17(14-33-23)20-8-5-11-32-20/h1-2,5-8,11,14-15,19H,3-4,9-10,12-13H2,(H,26,30)/t19-/m1/s1. The summed E-state index contributed by atoms with van der Waals surface area (Å²) in [5.74, 6) is -0.220. The third kappa shape index (κ3) is 4.61. The highest BCUT2D eigenvalue weighted by atomic mass is 35.5. The Labute approximate surface area is 204 Å². The highest BCUT2D eigenvalue weighted by Crippen LogP contribution is 2.33. The van der Waals surface area contributed by atoms with Gasteiger partial charge in [-0.2, -0.15) is 0 Å². The first-order valence-electron chi connectivity index (χ1n) is 10.9. The minimum atomic E-state index is -0.220. The third-order valence-corrected chi connectivity index (χ3v) is 8.13. The lowest BCUT2D eigenvalue weighted by atomic mass is 10.1. The van der Waals surface area contributed by atoms with Crippen molar-refractivity contribution in [1.29, 1.82) is 0 Å². The lowest BCUT2D eigenvalue weighted by molar-refractivity contribution is -0.122. The molecule has 0 radical (unpaired) electrons. The van der Waals surface area contributed by atoms with Crippen molar-refractivity contribution in [2.24, 2.45) is 0 Å². The number of hydrogen-bond donors (Lipinski definition) is 1. The van der Waals surface area contributed by atoms with Crippen LogP contribution < -0.4 is 10.9 Å². The first-order chi connectivity index (χ1) is 16.1. The highest BCUT2D eigenvalue weighted by molar-refractivity contribution is 7.18. The maximum atomic E-state index is 13.2. The Kier molecular flexibility index (Phi) is 6.59. The Bertz CT molecular complexity index is 1330. The van der Waals surface area contributed by atoms with Crippen molar-refractivity contribution < 1.29 is 4.79 Å². The van der Waals surface area contributed by atoms with Gasteiger partial charge in [-0.25, -0.2) is 4.98 Å². The van der Waals surface area contributed by atoms with Crippen LogP contribution in [-0.4, -0.2) is 40.0 Å². The summed E-state index contributed by atoms with van der Waals surface area (Å²) in [6, 6.07) is 11.7. The molecule has 1 N–H and O–H groups in total. The predicted molar refractivity (Wildman–Crippen MR) is 135 cm³/mol. The largest absolute Gasteiger partial charge is 0.353 e. The van der Waals surface area contributed by atoms with E-state index in [1.54, 1.807) is 11.3 Å². The molecule has 33 heavy (non-hydrogen) atoms. The summed E-state index contributed by atoms with van der Waals surface area (Å²) in [5, 5.41) is 8.24. The number of benzene rings is 1. The van der Waals surface area contributed by atoms with Crippen LogP contribution in [0.1, 0.15) is 24.4 Å². The van der Waals surface area contributed by atoms with E-state index < -0.39 is 0 Å². The fourth-order valence-corrected chi connectivity index (χ4v) is 6.33. The number of amides is 1. The Morgan fingerprint density at radius 2 is 1.97 bits per heavy atom.